The molecule has 162 valence electrons. The van der Waals surface area contributed by atoms with Crippen LogP contribution in [-0.2, 0) is 9.59 Å². The molecule has 8 heteroatoms. The van der Waals surface area contributed by atoms with E-state index in [2.05, 4.69) is 4.57 Å². The van der Waals surface area contributed by atoms with E-state index in [1.807, 2.05) is 44.2 Å². The first-order chi connectivity index (χ1) is 14.9. The maximum atomic E-state index is 12.8. The van der Waals surface area contributed by atoms with E-state index in [0.29, 0.717) is 18.0 Å². The van der Waals surface area contributed by atoms with Gasteiger partial charge < -0.3 is 14.2 Å². The minimum absolute atomic E-state index is 0.168. The standard InChI is InChI=1S/C23H25N3O4S/c1-15-12-17(16(2)26(15)18-6-8-19(30-3)9-7-18)13-20-22(28)25(23(29)31-20)14-21(27)24-10-4-5-11-24/h6-9,12-13H,4-5,10-11,14H2,1-3H3/b20-13-. The van der Waals surface area contributed by atoms with Crippen LogP contribution in [0.25, 0.3) is 11.8 Å². The Labute approximate surface area is 185 Å². The van der Waals surface area contributed by atoms with Gasteiger partial charge in [-0.3, -0.25) is 19.3 Å². The fourth-order valence-corrected chi connectivity index (χ4v) is 4.87. The number of ether oxygens (including phenoxy) is 1. The zero-order chi connectivity index (χ0) is 22.1. The summed E-state index contributed by atoms with van der Waals surface area (Å²) in [7, 11) is 1.63. The van der Waals surface area contributed by atoms with Crippen molar-refractivity contribution in [2.24, 2.45) is 0 Å². The maximum Gasteiger partial charge on any atom is 0.294 e. The molecule has 0 unspecified atom stereocenters. The largest absolute Gasteiger partial charge is 0.497 e. The van der Waals surface area contributed by atoms with Crippen LogP contribution in [-0.4, -0.2) is 58.2 Å². The van der Waals surface area contributed by atoms with Crippen molar-refractivity contribution in [3.63, 3.8) is 0 Å². The molecule has 4 rings (SSSR count). The van der Waals surface area contributed by atoms with E-state index in [1.54, 1.807) is 18.1 Å². The van der Waals surface area contributed by atoms with Crippen molar-refractivity contribution in [2.45, 2.75) is 26.7 Å². The molecule has 1 aromatic carbocycles. The molecule has 2 aliphatic rings. The van der Waals surface area contributed by atoms with E-state index < -0.39 is 11.1 Å². The summed E-state index contributed by atoms with van der Waals surface area (Å²) in [5.41, 5.74) is 3.82. The summed E-state index contributed by atoms with van der Waals surface area (Å²) in [6.07, 6.45) is 3.68. The summed E-state index contributed by atoms with van der Waals surface area (Å²) >= 11 is 0.888. The number of methoxy groups -OCH3 is 1. The number of hydrogen-bond donors (Lipinski definition) is 0. The topological polar surface area (TPSA) is 71.8 Å². The molecule has 2 aliphatic heterocycles. The van der Waals surface area contributed by atoms with E-state index in [4.69, 9.17) is 4.74 Å². The van der Waals surface area contributed by atoms with Gasteiger partial charge in [0.1, 0.15) is 12.3 Å². The van der Waals surface area contributed by atoms with Gasteiger partial charge >= 0.3 is 0 Å². The van der Waals surface area contributed by atoms with Crippen LogP contribution in [0, 0.1) is 13.8 Å². The number of aromatic nitrogens is 1. The highest BCUT2D eigenvalue weighted by Gasteiger charge is 2.37. The van der Waals surface area contributed by atoms with Crippen molar-refractivity contribution < 1.29 is 19.1 Å². The number of carbonyl (C=O) groups is 3. The second-order valence-corrected chi connectivity index (χ2v) is 8.71. The Morgan fingerprint density at radius 3 is 2.45 bits per heavy atom. The molecule has 0 aliphatic carbocycles. The van der Waals surface area contributed by atoms with E-state index in [1.165, 1.54) is 0 Å². The normalized spacial score (nSPS) is 17.8. The molecule has 2 aromatic rings. The molecule has 0 saturated carbocycles. The maximum absolute atomic E-state index is 12.8. The van der Waals surface area contributed by atoms with Crippen molar-refractivity contribution in [1.29, 1.82) is 0 Å². The van der Waals surface area contributed by atoms with Crippen LogP contribution < -0.4 is 4.74 Å². The van der Waals surface area contributed by atoms with Gasteiger partial charge in [0, 0.05) is 30.2 Å². The van der Waals surface area contributed by atoms with Crippen LogP contribution in [0.5, 0.6) is 5.75 Å². The number of hydrogen-bond acceptors (Lipinski definition) is 5. The number of imide groups is 1. The molecule has 0 N–H and O–H groups in total. The first-order valence-corrected chi connectivity index (χ1v) is 11.1. The predicted octanol–water partition coefficient (Wildman–Crippen LogP) is 3.76. The average molecular weight is 440 g/mol. The predicted molar refractivity (Wildman–Crippen MR) is 120 cm³/mol. The minimum Gasteiger partial charge on any atom is -0.497 e. The van der Waals surface area contributed by atoms with Gasteiger partial charge in [0.15, 0.2) is 0 Å². The van der Waals surface area contributed by atoms with Crippen LogP contribution in [0.1, 0.15) is 29.8 Å². The Balaban J connectivity index is 1.56. The van der Waals surface area contributed by atoms with Gasteiger partial charge in [-0.25, -0.2) is 0 Å². The number of carbonyl (C=O) groups excluding carboxylic acids is 3. The fraction of sp³-hybridized carbons (Fsp3) is 0.348. The molecular weight excluding hydrogens is 414 g/mol. The van der Waals surface area contributed by atoms with Crippen molar-refractivity contribution in [2.75, 3.05) is 26.7 Å². The van der Waals surface area contributed by atoms with Crippen LogP contribution in [0.2, 0.25) is 0 Å². The van der Waals surface area contributed by atoms with Crippen LogP contribution >= 0.6 is 11.8 Å². The molecule has 2 fully saturated rings. The number of rotatable bonds is 5. The third-order valence-corrected chi connectivity index (χ3v) is 6.62. The lowest BCUT2D eigenvalue weighted by Crippen LogP contribution is -2.40. The Hall–Kier alpha value is -3.00. The van der Waals surface area contributed by atoms with Crippen molar-refractivity contribution >= 4 is 34.9 Å². The summed E-state index contributed by atoms with van der Waals surface area (Å²) in [5.74, 6) is 0.208. The second kappa shape index (κ2) is 8.63. The quantitative estimate of drug-likeness (QED) is 0.664. The van der Waals surface area contributed by atoms with E-state index in [-0.39, 0.29) is 12.5 Å². The van der Waals surface area contributed by atoms with Gasteiger partial charge in [0.25, 0.3) is 11.1 Å². The van der Waals surface area contributed by atoms with E-state index in [0.717, 1.165) is 57.9 Å². The Morgan fingerprint density at radius 2 is 1.81 bits per heavy atom. The second-order valence-electron chi connectivity index (χ2n) is 7.72. The smallest absolute Gasteiger partial charge is 0.294 e. The minimum atomic E-state index is -0.406. The van der Waals surface area contributed by atoms with Crippen LogP contribution in [0.4, 0.5) is 4.79 Å². The Morgan fingerprint density at radius 1 is 1.13 bits per heavy atom. The molecule has 31 heavy (non-hydrogen) atoms. The zero-order valence-corrected chi connectivity index (χ0v) is 18.7. The molecular formula is C23H25N3O4S. The lowest BCUT2D eigenvalue weighted by Gasteiger charge is -2.18. The van der Waals surface area contributed by atoms with Gasteiger partial charge in [-0.05, 0) is 80.4 Å². The molecule has 0 atom stereocenters. The summed E-state index contributed by atoms with van der Waals surface area (Å²) in [6, 6.07) is 9.73. The van der Waals surface area contributed by atoms with Crippen molar-refractivity contribution in [3.8, 4) is 11.4 Å². The third-order valence-electron chi connectivity index (χ3n) is 5.71. The molecule has 0 spiro atoms. The van der Waals surface area contributed by atoms with Gasteiger partial charge in [-0.2, -0.15) is 0 Å². The van der Waals surface area contributed by atoms with Gasteiger partial charge in [0.05, 0.1) is 12.0 Å². The molecule has 0 bridgehead atoms. The monoisotopic (exact) mass is 439 g/mol. The summed E-state index contributed by atoms with van der Waals surface area (Å²) in [4.78, 5) is 40.8. The molecule has 3 heterocycles. The number of aryl methyl sites for hydroxylation is 1. The van der Waals surface area contributed by atoms with Crippen LogP contribution in [0.3, 0.4) is 0 Å². The van der Waals surface area contributed by atoms with E-state index >= 15 is 0 Å². The van der Waals surface area contributed by atoms with Gasteiger partial charge in [0.2, 0.25) is 5.91 Å². The highest BCUT2D eigenvalue weighted by atomic mass is 32.2. The zero-order valence-electron chi connectivity index (χ0n) is 17.9. The number of benzene rings is 1. The average Bonchev–Trinajstić information content (AvgIpc) is 3.45. The summed E-state index contributed by atoms with van der Waals surface area (Å²) < 4.78 is 7.32. The Kier molecular flexibility index (Phi) is 5.91. The van der Waals surface area contributed by atoms with Crippen molar-refractivity contribution in [1.82, 2.24) is 14.4 Å². The molecule has 0 radical (unpaired) electrons. The lowest BCUT2D eigenvalue weighted by molar-refractivity contribution is -0.135. The SMILES string of the molecule is COc1ccc(-n2c(C)cc(/C=C3\SC(=O)N(CC(=O)N4CCCC4)C3=O)c2C)cc1. The third kappa shape index (κ3) is 4.12. The first kappa shape index (κ1) is 21.2. The summed E-state index contributed by atoms with van der Waals surface area (Å²) in [5, 5.41) is -0.396. The highest BCUT2D eigenvalue weighted by molar-refractivity contribution is 8.18. The van der Waals surface area contributed by atoms with Gasteiger partial charge in [-0.1, -0.05) is 0 Å². The fourth-order valence-electron chi connectivity index (χ4n) is 4.04. The van der Waals surface area contributed by atoms with E-state index in [9.17, 15) is 14.4 Å². The van der Waals surface area contributed by atoms with Gasteiger partial charge in [-0.15, -0.1) is 0 Å². The first-order valence-electron chi connectivity index (χ1n) is 10.3. The molecule has 2 saturated heterocycles. The summed E-state index contributed by atoms with van der Waals surface area (Å²) in [6.45, 7) is 5.18. The van der Waals surface area contributed by atoms with Crippen LogP contribution in [0.15, 0.2) is 35.2 Å². The molecule has 3 amide bonds. The number of nitrogens with zero attached hydrogens (tertiary/aromatic N) is 3. The number of amides is 3. The number of likely N-dealkylation sites (tertiary alicyclic amines) is 1. The van der Waals surface area contributed by atoms with Crippen molar-refractivity contribution in [3.05, 3.63) is 52.2 Å². The Bertz CT molecular complexity index is 1070. The molecule has 1 aromatic heterocycles. The lowest BCUT2D eigenvalue weighted by atomic mass is 10.2. The highest BCUT2D eigenvalue weighted by Crippen LogP contribution is 2.34. The number of thioether (sulfide) groups is 1. The molecule has 7 nitrogen and oxygen atoms in total.